The van der Waals surface area contributed by atoms with E-state index in [1.807, 2.05) is 66.7 Å². The molecule has 5 heteroatoms. The fourth-order valence-electron chi connectivity index (χ4n) is 3.20. The van der Waals surface area contributed by atoms with Crippen molar-refractivity contribution in [3.05, 3.63) is 83.6 Å². The van der Waals surface area contributed by atoms with Crippen molar-refractivity contribution in [3.63, 3.8) is 0 Å². The van der Waals surface area contributed by atoms with E-state index in [2.05, 4.69) is 0 Å². The molecule has 0 spiro atoms. The highest BCUT2D eigenvalue weighted by atomic mass is 16.5. The maximum atomic E-state index is 11.1. The van der Waals surface area contributed by atoms with E-state index in [-0.39, 0.29) is 0 Å². The molecule has 2 heterocycles. The van der Waals surface area contributed by atoms with Gasteiger partial charge in [0.1, 0.15) is 12.4 Å². The zero-order valence-corrected chi connectivity index (χ0v) is 14.8. The van der Waals surface area contributed by atoms with E-state index < -0.39 is 6.09 Å². The first-order valence-electron chi connectivity index (χ1n) is 8.93. The predicted octanol–water partition coefficient (Wildman–Crippen LogP) is 4.36. The van der Waals surface area contributed by atoms with Crippen molar-refractivity contribution < 1.29 is 14.6 Å². The number of hydrogen-bond acceptors (Lipinski definition) is 3. The monoisotopic (exact) mass is 360 g/mol. The fourth-order valence-corrected chi connectivity index (χ4v) is 3.20. The highest BCUT2D eigenvalue weighted by molar-refractivity contribution is 5.66. The van der Waals surface area contributed by atoms with E-state index >= 15 is 0 Å². The van der Waals surface area contributed by atoms with E-state index in [1.165, 1.54) is 4.90 Å². The molecular weight excluding hydrogens is 340 g/mol. The van der Waals surface area contributed by atoms with Crippen LogP contribution in [0.4, 0.5) is 4.79 Å². The molecule has 1 N–H and O–H groups in total. The smallest absolute Gasteiger partial charge is 0.407 e. The summed E-state index contributed by atoms with van der Waals surface area (Å²) in [6, 6.07) is 21.9. The average molecular weight is 360 g/mol. The van der Waals surface area contributed by atoms with Crippen LogP contribution in [0.25, 0.3) is 11.3 Å². The van der Waals surface area contributed by atoms with Gasteiger partial charge in [-0.05, 0) is 41.5 Å². The molecule has 1 aliphatic rings. The first-order chi connectivity index (χ1) is 13.2. The van der Waals surface area contributed by atoms with Crippen molar-refractivity contribution in [2.24, 2.45) is 0 Å². The number of aromatic nitrogens is 1. The molecule has 1 aromatic heterocycles. The summed E-state index contributed by atoms with van der Waals surface area (Å²) in [5.74, 6) is 0.817. The Balaban J connectivity index is 1.45. The Morgan fingerprint density at radius 2 is 1.81 bits per heavy atom. The molecule has 0 radical (unpaired) electrons. The van der Waals surface area contributed by atoms with Gasteiger partial charge < -0.3 is 14.7 Å². The molecule has 1 amide bonds. The Hall–Kier alpha value is -3.34. The van der Waals surface area contributed by atoms with Crippen LogP contribution in [0.2, 0.25) is 0 Å². The van der Waals surface area contributed by atoms with Gasteiger partial charge in [0.15, 0.2) is 0 Å². The topological polar surface area (TPSA) is 62.7 Å². The van der Waals surface area contributed by atoms with Crippen molar-refractivity contribution in [1.82, 2.24) is 9.88 Å². The zero-order chi connectivity index (χ0) is 18.6. The van der Waals surface area contributed by atoms with Crippen molar-refractivity contribution in [3.8, 4) is 17.0 Å². The van der Waals surface area contributed by atoms with Crippen molar-refractivity contribution in [1.29, 1.82) is 0 Å². The molecule has 1 aliphatic heterocycles. The summed E-state index contributed by atoms with van der Waals surface area (Å²) in [5.41, 5.74) is 5.01. The largest absolute Gasteiger partial charge is 0.489 e. The van der Waals surface area contributed by atoms with Crippen LogP contribution in [-0.2, 0) is 19.6 Å². The van der Waals surface area contributed by atoms with Gasteiger partial charge in [-0.15, -0.1) is 0 Å². The van der Waals surface area contributed by atoms with Crippen LogP contribution in [0.1, 0.15) is 16.8 Å². The van der Waals surface area contributed by atoms with Gasteiger partial charge in [-0.2, -0.15) is 0 Å². The first kappa shape index (κ1) is 17.1. The summed E-state index contributed by atoms with van der Waals surface area (Å²) in [7, 11) is 0. The molecule has 0 bridgehead atoms. The van der Waals surface area contributed by atoms with Crippen molar-refractivity contribution >= 4 is 6.09 Å². The van der Waals surface area contributed by atoms with Crippen LogP contribution in [0, 0.1) is 0 Å². The molecular formula is C22H20N2O3. The predicted molar refractivity (Wildman–Crippen MR) is 103 cm³/mol. The molecule has 0 aliphatic carbocycles. The normalized spacial score (nSPS) is 13.1. The van der Waals surface area contributed by atoms with Crippen LogP contribution < -0.4 is 4.74 Å². The minimum Gasteiger partial charge on any atom is -0.489 e. The van der Waals surface area contributed by atoms with Gasteiger partial charge in [0.2, 0.25) is 0 Å². The second kappa shape index (κ2) is 7.50. The highest BCUT2D eigenvalue weighted by Crippen LogP contribution is 2.25. The first-order valence-corrected chi connectivity index (χ1v) is 8.93. The van der Waals surface area contributed by atoms with Gasteiger partial charge >= 0.3 is 6.09 Å². The molecule has 27 heavy (non-hydrogen) atoms. The number of ether oxygens (including phenoxy) is 1. The van der Waals surface area contributed by atoms with E-state index in [9.17, 15) is 4.79 Å². The van der Waals surface area contributed by atoms with Crippen molar-refractivity contribution in [2.45, 2.75) is 19.6 Å². The van der Waals surface area contributed by atoms with Gasteiger partial charge in [-0.1, -0.05) is 36.4 Å². The molecule has 5 nitrogen and oxygen atoms in total. The Morgan fingerprint density at radius 3 is 2.56 bits per heavy atom. The minimum atomic E-state index is -0.879. The maximum Gasteiger partial charge on any atom is 0.407 e. The molecule has 3 aromatic rings. The molecule has 4 rings (SSSR count). The van der Waals surface area contributed by atoms with Gasteiger partial charge in [0.25, 0.3) is 0 Å². The van der Waals surface area contributed by atoms with Crippen LogP contribution in [-0.4, -0.2) is 27.6 Å². The standard InChI is InChI=1S/C22H20N2O3/c25-22(26)24-13-12-21-18(14-24)8-11-20(23-21)17-6-9-19(10-7-17)27-15-16-4-2-1-3-5-16/h1-11H,12-15H2,(H,25,26). The Labute approximate surface area is 157 Å². The zero-order valence-electron chi connectivity index (χ0n) is 14.8. The highest BCUT2D eigenvalue weighted by Gasteiger charge is 2.21. The number of hydrogen-bond donors (Lipinski definition) is 1. The van der Waals surface area contributed by atoms with Crippen LogP contribution >= 0.6 is 0 Å². The lowest BCUT2D eigenvalue weighted by molar-refractivity contribution is 0.139. The molecule has 2 aromatic carbocycles. The summed E-state index contributed by atoms with van der Waals surface area (Å²) < 4.78 is 5.83. The lowest BCUT2D eigenvalue weighted by Gasteiger charge is -2.25. The maximum absolute atomic E-state index is 11.1. The SMILES string of the molecule is O=C(O)N1CCc2nc(-c3ccc(OCc4ccccc4)cc3)ccc2C1. The quantitative estimate of drug-likeness (QED) is 0.751. The molecule has 136 valence electrons. The number of carbonyl (C=O) groups is 1. The minimum absolute atomic E-state index is 0.407. The number of rotatable bonds is 4. The van der Waals surface area contributed by atoms with Crippen LogP contribution in [0.3, 0.4) is 0 Å². The van der Waals surface area contributed by atoms with Crippen LogP contribution in [0.5, 0.6) is 5.75 Å². The Bertz CT molecular complexity index is 940. The van der Waals surface area contributed by atoms with Gasteiger partial charge in [-0.25, -0.2) is 4.79 Å². The third kappa shape index (κ3) is 3.92. The summed E-state index contributed by atoms with van der Waals surface area (Å²) in [6.07, 6.45) is -0.232. The number of pyridine rings is 1. The Kier molecular flexibility index (Phi) is 4.75. The summed E-state index contributed by atoms with van der Waals surface area (Å²) in [4.78, 5) is 17.3. The third-order valence-corrected chi connectivity index (χ3v) is 4.72. The number of fused-ring (bicyclic) bond motifs is 1. The third-order valence-electron chi connectivity index (χ3n) is 4.72. The van der Waals surface area contributed by atoms with Gasteiger partial charge in [0, 0.05) is 24.2 Å². The second-order valence-corrected chi connectivity index (χ2v) is 6.56. The molecule has 0 unspecified atom stereocenters. The molecule has 0 atom stereocenters. The van der Waals surface area contributed by atoms with E-state index in [0.717, 1.165) is 33.8 Å². The van der Waals surface area contributed by atoms with E-state index in [0.29, 0.717) is 26.1 Å². The lowest BCUT2D eigenvalue weighted by Crippen LogP contribution is -2.35. The van der Waals surface area contributed by atoms with Gasteiger partial charge in [0.05, 0.1) is 12.2 Å². The molecule has 0 saturated heterocycles. The van der Waals surface area contributed by atoms with Gasteiger partial charge in [-0.3, -0.25) is 4.98 Å². The molecule has 0 fully saturated rings. The Morgan fingerprint density at radius 1 is 1.04 bits per heavy atom. The van der Waals surface area contributed by atoms with E-state index in [1.54, 1.807) is 0 Å². The summed E-state index contributed by atoms with van der Waals surface area (Å²) in [6.45, 7) is 1.44. The molecule has 0 saturated carbocycles. The van der Waals surface area contributed by atoms with Crippen LogP contribution in [0.15, 0.2) is 66.7 Å². The fraction of sp³-hybridized carbons (Fsp3) is 0.182. The average Bonchev–Trinajstić information content (AvgIpc) is 2.72. The number of carboxylic acid groups (broad SMARTS) is 1. The van der Waals surface area contributed by atoms with E-state index in [4.69, 9.17) is 14.8 Å². The summed E-state index contributed by atoms with van der Waals surface area (Å²) >= 11 is 0. The number of nitrogens with zero attached hydrogens (tertiary/aromatic N) is 2. The van der Waals surface area contributed by atoms with Crippen molar-refractivity contribution in [2.75, 3.05) is 6.54 Å². The second-order valence-electron chi connectivity index (χ2n) is 6.56. The number of benzene rings is 2. The number of amides is 1. The lowest BCUT2D eigenvalue weighted by atomic mass is 10.0. The summed E-state index contributed by atoms with van der Waals surface area (Å²) in [5, 5.41) is 9.13.